The molecular weight excluding hydrogens is 498 g/mol. The van der Waals surface area contributed by atoms with Gasteiger partial charge in [-0.05, 0) is 34.6 Å². The fourth-order valence-corrected chi connectivity index (χ4v) is 2.95. The molecule has 0 aliphatic heterocycles. The number of Topliss-reactive ketones (excluding diaryl/α,β-unsaturated/α-hetero) is 1. The molecule has 2 heterocycles. The van der Waals surface area contributed by atoms with Gasteiger partial charge in [-0.15, -0.1) is 34.3 Å². The average molecular weight is 526 g/mol. The van der Waals surface area contributed by atoms with Gasteiger partial charge in [-0.25, -0.2) is 19.6 Å². The molecule has 0 radical (unpaired) electrons. The van der Waals surface area contributed by atoms with Crippen LogP contribution in [0.15, 0.2) is 11.0 Å². The highest BCUT2D eigenvalue weighted by atomic mass is 35.5. The summed E-state index contributed by atoms with van der Waals surface area (Å²) in [4.78, 5) is 41.6. The van der Waals surface area contributed by atoms with Crippen LogP contribution >= 0.6 is 46.5 Å². The Hall–Kier alpha value is -1.99. The molecule has 13 heteroatoms. The van der Waals surface area contributed by atoms with Gasteiger partial charge in [0.2, 0.25) is 0 Å². The molecule has 0 saturated heterocycles. The van der Waals surface area contributed by atoms with Gasteiger partial charge in [-0.2, -0.15) is 0 Å². The first-order valence-corrected chi connectivity index (χ1v) is 11.8. The number of aliphatic hydroxyl groups excluding tert-OH is 1. The Bertz CT molecular complexity index is 829. The molecule has 0 amide bonds. The molecule has 0 saturated carbocycles. The summed E-state index contributed by atoms with van der Waals surface area (Å²) < 4.78 is 9.27. The van der Waals surface area contributed by atoms with Crippen molar-refractivity contribution in [3.8, 4) is 0 Å². The number of carbonyl (C=O) groups is 3. The van der Waals surface area contributed by atoms with Crippen LogP contribution in [0.1, 0.15) is 46.7 Å². The van der Waals surface area contributed by atoms with E-state index in [1.807, 2.05) is 6.92 Å². The van der Waals surface area contributed by atoms with E-state index in [0.717, 1.165) is 21.8 Å². The summed E-state index contributed by atoms with van der Waals surface area (Å²) in [6, 6.07) is 0. The van der Waals surface area contributed by atoms with Gasteiger partial charge in [-0.1, -0.05) is 12.2 Å². The van der Waals surface area contributed by atoms with E-state index < -0.39 is 11.3 Å². The first kappa shape index (κ1) is 32.2. The molecule has 0 aliphatic carbocycles. The Morgan fingerprint density at radius 3 is 1.97 bits per heavy atom. The largest absolute Gasteiger partial charge is 0.465 e. The summed E-state index contributed by atoms with van der Waals surface area (Å²) in [6.07, 6.45) is 0. The number of alkyl halides is 1. The maximum Gasteiger partial charge on any atom is 0.350 e. The zero-order chi connectivity index (χ0) is 25.1. The lowest BCUT2D eigenvalue weighted by Gasteiger charge is -2.03. The van der Waals surface area contributed by atoms with Crippen LogP contribution in [0.2, 0.25) is 0 Å². The van der Waals surface area contributed by atoms with E-state index in [4.69, 9.17) is 21.4 Å². The van der Waals surface area contributed by atoms with Crippen molar-refractivity contribution in [3.05, 3.63) is 32.2 Å². The number of ether oxygens (including phenoxy) is 2. The van der Waals surface area contributed by atoms with Crippen molar-refractivity contribution in [3.63, 3.8) is 0 Å². The van der Waals surface area contributed by atoms with Crippen molar-refractivity contribution in [1.29, 1.82) is 0 Å². The number of aryl methyl sites for hydroxylation is 2. The maximum absolute atomic E-state index is 11.1. The lowest BCUT2D eigenvalue weighted by Crippen LogP contribution is -2.24. The molecule has 180 valence electrons. The van der Waals surface area contributed by atoms with Gasteiger partial charge >= 0.3 is 11.9 Å². The summed E-state index contributed by atoms with van der Waals surface area (Å²) in [5.74, 6) is -1.33. The molecule has 0 fully saturated rings. The Labute approximate surface area is 205 Å². The number of thiocarbonyl (C=S) groups is 1. The molecule has 0 bridgehead atoms. The van der Waals surface area contributed by atoms with Crippen molar-refractivity contribution in [1.82, 2.24) is 9.97 Å². The second-order valence-corrected chi connectivity index (χ2v) is 7.87. The molecule has 0 aliphatic rings. The van der Waals surface area contributed by atoms with E-state index in [1.54, 1.807) is 31.8 Å². The Morgan fingerprint density at radius 2 is 1.66 bits per heavy atom. The van der Waals surface area contributed by atoms with E-state index in [2.05, 4.69) is 32.7 Å². The summed E-state index contributed by atoms with van der Waals surface area (Å²) in [6.45, 7) is 9.15. The van der Waals surface area contributed by atoms with E-state index in [-0.39, 0.29) is 25.0 Å². The van der Waals surface area contributed by atoms with Gasteiger partial charge in [0.05, 0.1) is 52.6 Å². The molecule has 2 aromatic rings. The molecule has 2 rings (SSSR count). The van der Waals surface area contributed by atoms with E-state index in [0.29, 0.717) is 11.5 Å². The number of carbonyl (C=O) groups excluding carboxylic acids is 3. The molecule has 3 N–H and O–H groups in total. The summed E-state index contributed by atoms with van der Waals surface area (Å²) in [5.41, 5.74) is 10.7. The van der Waals surface area contributed by atoms with Crippen LogP contribution in [0.5, 0.6) is 0 Å². The monoisotopic (exact) mass is 525 g/mol. The minimum atomic E-state index is -1.14. The highest BCUT2D eigenvalue weighted by molar-refractivity contribution is 7.78. The van der Waals surface area contributed by atoms with Gasteiger partial charge in [-0.3, -0.25) is 4.79 Å². The maximum atomic E-state index is 11.1. The van der Waals surface area contributed by atoms with Crippen molar-refractivity contribution < 1.29 is 29.0 Å². The minimum absolute atomic E-state index is 0.122. The predicted octanol–water partition coefficient (Wildman–Crippen LogP) is 3.22. The van der Waals surface area contributed by atoms with Crippen LogP contribution in [0.3, 0.4) is 0 Å². The van der Waals surface area contributed by atoms with E-state index in [9.17, 15) is 14.4 Å². The molecule has 1 atom stereocenters. The SMILES string of the molecule is CCOC(=O)C(Cl)C(C)=O.CCOC(=O)c1scnc1C.Cc1ncsc1CO.NC=S. The lowest BCUT2D eigenvalue weighted by molar-refractivity contribution is -0.144. The Balaban J connectivity index is 0. The molecule has 9 nitrogen and oxygen atoms in total. The van der Waals surface area contributed by atoms with Gasteiger partial charge in [0.1, 0.15) is 4.88 Å². The number of halogens is 1. The molecule has 1 unspecified atom stereocenters. The average Bonchev–Trinajstić information content (AvgIpc) is 3.36. The summed E-state index contributed by atoms with van der Waals surface area (Å²) in [7, 11) is 0. The number of esters is 2. The smallest absolute Gasteiger partial charge is 0.350 e. The Morgan fingerprint density at radius 1 is 1.16 bits per heavy atom. The van der Waals surface area contributed by atoms with Crippen LogP contribution in [-0.4, -0.2) is 56.9 Å². The van der Waals surface area contributed by atoms with Gasteiger partial charge in [0, 0.05) is 0 Å². The molecule has 2 aromatic heterocycles. The number of nitrogens with zero attached hydrogens (tertiary/aromatic N) is 2. The predicted molar refractivity (Wildman–Crippen MR) is 130 cm³/mol. The van der Waals surface area contributed by atoms with Gasteiger partial charge in [0.25, 0.3) is 0 Å². The number of nitrogens with two attached hydrogens (primary N) is 1. The normalized spacial score (nSPS) is 9.97. The van der Waals surface area contributed by atoms with E-state index in [1.165, 1.54) is 29.6 Å². The minimum Gasteiger partial charge on any atom is -0.465 e. The zero-order valence-corrected chi connectivity index (χ0v) is 21.7. The van der Waals surface area contributed by atoms with Gasteiger partial charge in [0.15, 0.2) is 11.2 Å². The quantitative estimate of drug-likeness (QED) is 0.250. The Kier molecular flexibility index (Phi) is 19.8. The van der Waals surface area contributed by atoms with E-state index >= 15 is 0 Å². The molecule has 32 heavy (non-hydrogen) atoms. The number of aromatic nitrogens is 2. The first-order valence-electron chi connectivity index (χ1n) is 9.14. The van der Waals surface area contributed by atoms with Gasteiger partial charge < -0.3 is 20.3 Å². The first-order chi connectivity index (χ1) is 15.1. The van der Waals surface area contributed by atoms with Crippen molar-refractivity contribution >= 4 is 69.7 Å². The third-order valence-corrected chi connectivity index (χ3v) is 5.36. The highest BCUT2D eigenvalue weighted by Crippen LogP contribution is 2.13. The zero-order valence-electron chi connectivity index (χ0n) is 18.5. The number of aliphatic hydroxyl groups is 1. The van der Waals surface area contributed by atoms with Crippen molar-refractivity contribution in [2.75, 3.05) is 13.2 Å². The summed E-state index contributed by atoms with van der Waals surface area (Å²) >= 11 is 12.2. The second kappa shape index (κ2) is 19.7. The topological polar surface area (TPSA) is 142 Å². The van der Waals surface area contributed by atoms with Crippen LogP contribution in [-0.2, 0) is 25.7 Å². The highest BCUT2D eigenvalue weighted by Gasteiger charge is 2.20. The van der Waals surface area contributed by atoms with Crippen LogP contribution in [0.25, 0.3) is 0 Å². The fraction of sp³-hybridized carbons (Fsp3) is 0.474. The number of thiazole rings is 2. The number of ketones is 1. The number of hydrogen-bond acceptors (Lipinski definition) is 11. The number of rotatable bonds is 6. The standard InChI is InChI=1S/C7H9NO2S.C6H9ClO3.C5H7NOS.CH3NS/c1-3-10-7(9)6-5(2)8-4-11-6;1-3-10-6(9)5(7)4(2)8;1-4-5(2-7)8-3-6-4;2-1-3/h4H,3H2,1-2H3;5H,3H2,1-2H3;3,7H,2H2,1H3;1H,(H2,2,3). The number of hydrogen-bond donors (Lipinski definition) is 2. The van der Waals surface area contributed by atoms with Crippen molar-refractivity contribution in [2.24, 2.45) is 5.73 Å². The molecule has 0 spiro atoms. The fourth-order valence-electron chi connectivity index (χ4n) is 1.55. The third kappa shape index (κ3) is 14.1. The molecular formula is C19H28ClN3O6S3. The van der Waals surface area contributed by atoms with Crippen molar-refractivity contribution in [2.45, 2.75) is 46.6 Å². The third-order valence-electron chi connectivity index (χ3n) is 3.05. The van der Waals surface area contributed by atoms with Crippen LogP contribution in [0, 0.1) is 13.8 Å². The van der Waals surface area contributed by atoms with Crippen LogP contribution in [0.4, 0.5) is 0 Å². The molecule has 0 aromatic carbocycles. The second-order valence-electron chi connectivity index (χ2n) is 5.37. The van der Waals surface area contributed by atoms with Crippen LogP contribution < -0.4 is 5.73 Å². The summed E-state index contributed by atoms with van der Waals surface area (Å²) in [5, 5.41) is 7.44. The lowest BCUT2D eigenvalue weighted by atomic mass is 10.3.